The third kappa shape index (κ3) is 3.55. The maximum Gasteiger partial charge on any atom is 0.323 e. The molecule has 0 aliphatic carbocycles. The molecule has 0 radical (unpaired) electrons. The fourth-order valence-corrected chi connectivity index (χ4v) is 2.21. The molecule has 0 unspecified atom stereocenters. The molecule has 0 saturated carbocycles. The van der Waals surface area contributed by atoms with Gasteiger partial charge in [0, 0.05) is 11.9 Å². The van der Waals surface area contributed by atoms with E-state index in [9.17, 15) is 4.79 Å². The van der Waals surface area contributed by atoms with Gasteiger partial charge in [-0.2, -0.15) is 5.10 Å². The minimum absolute atomic E-state index is 0.0137. The van der Waals surface area contributed by atoms with E-state index >= 15 is 0 Å². The smallest absolute Gasteiger partial charge is 0.323 e. The Morgan fingerprint density at radius 2 is 2.12 bits per heavy atom. The van der Waals surface area contributed by atoms with E-state index in [1.165, 1.54) is 12.5 Å². The topological polar surface area (TPSA) is 123 Å². The number of aryl methyl sites for hydroxylation is 1. The van der Waals surface area contributed by atoms with E-state index in [0.717, 1.165) is 11.3 Å². The summed E-state index contributed by atoms with van der Waals surface area (Å²) >= 11 is 0. The van der Waals surface area contributed by atoms with Crippen molar-refractivity contribution in [2.75, 3.05) is 17.2 Å². The number of aliphatic hydroxyl groups is 1. The number of carbonyl (C=O) groups is 1. The van der Waals surface area contributed by atoms with Gasteiger partial charge in [-0.25, -0.2) is 9.48 Å². The van der Waals surface area contributed by atoms with Gasteiger partial charge in [0.05, 0.1) is 30.7 Å². The number of hydrogen-bond donors (Lipinski definition) is 3. The first-order valence-electron chi connectivity index (χ1n) is 7.21. The highest BCUT2D eigenvalue weighted by Gasteiger charge is 2.08. The second kappa shape index (κ2) is 6.87. The molecule has 3 N–H and O–H groups in total. The quantitative estimate of drug-likeness (QED) is 0.637. The average molecular weight is 328 g/mol. The summed E-state index contributed by atoms with van der Waals surface area (Å²) in [6.45, 7) is 2.26. The Morgan fingerprint density at radius 1 is 1.29 bits per heavy atom. The first-order chi connectivity index (χ1) is 11.7. The summed E-state index contributed by atoms with van der Waals surface area (Å²) in [5.41, 5.74) is 2.93. The Kier molecular flexibility index (Phi) is 4.47. The minimum Gasteiger partial charge on any atom is -0.394 e. The van der Waals surface area contributed by atoms with Crippen molar-refractivity contribution < 1.29 is 9.90 Å². The zero-order valence-corrected chi connectivity index (χ0v) is 12.9. The molecule has 0 aliphatic rings. The molecule has 10 heteroatoms. The SMILES string of the molecule is Cc1cc(NC(=O)Nc2cnn(CCO)c2)ccc1-n1cnnn1. The highest BCUT2D eigenvalue weighted by Crippen LogP contribution is 2.18. The summed E-state index contributed by atoms with van der Waals surface area (Å²) in [7, 11) is 0. The van der Waals surface area contributed by atoms with Gasteiger partial charge in [-0.3, -0.25) is 4.68 Å². The molecule has 124 valence electrons. The van der Waals surface area contributed by atoms with Crippen molar-refractivity contribution in [1.29, 1.82) is 0 Å². The number of carbonyl (C=O) groups excluding carboxylic acids is 1. The lowest BCUT2D eigenvalue weighted by atomic mass is 10.2. The summed E-state index contributed by atoms with van der Waals surface area (Å²) in [6, 6.07) is 5.03. The first-order valence-corrected chi connectivity index (χ1v) is 7.21. The van der Waals surface area contributed by atoms with Crippen molar-refractivity contribution >= 4 is 17.4 Å². The molecule has 3 rings (SSSR count). The number of nitrogens with one attached hydrogen (secondary N) is 2. The van der Waals surface area contributed by atoms with Crippen LogP contribution in [-0.2, 0) is 6.54 Å². The second-order valence-electron chi connectivity index (χ2n) is 5.05. The van der Waals surface area contributed by atoms with Crippen molar-refractivity contribution in [2.45, 2.75) is 13.5 Å². The molecule has 0 spiro atoms. The average Bonchev–Trinajstić information content (AvgIpc) is 3.20. The number of aliphatic hydroxyl groups excluding tert-OH is 1. The highest BCUT2D eigenvalue weighted by atomic mass is 16.3. The number of rotatable bonds is 5. The number of anilines is 2. The zero-order valence-electron chi connectivity index (χ0n) is 12.9. The lowest BCUT2D eigenvalue weighted by Gasteiger charge is -2.09. The third-order valence-electron chi connectivity index (χ3n) is 3.27. The van der Waals surface area contributed by atoms with E-state index in [4.69, 9.17) is 5.11 Å². The Hall–Kier alpha value is -3.27. The standard InChI is InChI=1S/C14H16N8O2/c1-10-6-11(2-3-13(10)22-9-15-19-20-22)17-14(24)18-12-7-16-21(8-12)4-5-23/h2-3,6-9,23H,4-5H2,1H3,(H2,17,18,24). The molecule has 2 amide bonds. The van der Waals surface area contributed by atoms with E-state index in [0.29, 0.717) is 17.9 Å². The zero-order chi connectivity index (χ0) is 16.9. The number of urea groups is 1. The third-order valence-corrected chi connectivity index (χ3v) is 3.27. The molecule has 0 saturated heterocycles. The maximum atomic E-state index is 12.0. The molecule has 0 atom stereocenters. The molecule has 2 heterocycles. The van der Waals surface area contributed by atoms with Crippen molar-refractivity contribution in [3.63, 3.8) is 0 Å². The monoisotopic (exact) mass is 328 g/mol. The van der Waals surface area contributed by atoms with Gasteiger partial charge in [0.15, 0.2) is 0 Å². The van der Waals surface area contributed by atoms with Gasteiger partial charge in [-0.1, -0.05) is 0 Å². The molecule has 24 heavy (non-hydrogen) atoms. The van der Waals surface area contributed by atoms with Crippen LogP contribution < -0.4 is 10.6 Å². The summed E-state index contributed by atoms with van der Waals surface area (Å²) in [5.74, 6) is 0. The van der Waals surface area contributed by atoms with Crippen molar-refractivity contribution in [3.8, 4) is 5.69 Å². The van der Waals surface area contributed by atoms with Crippen LogP contribution in [0.25, 0.3) is 5.69 Å². The van der Waals surface area contributed by atoms with Gasteiger partial charge >= 0.3 is 6.03 Å². The van der Waals surface area contributed by atoms with E-state index in [-0.39, 0.29) is 12.6 Å². The second-order valence-corrected chi connectivity index (χ2v) is 5.05. The molecule has 0 fully saturated rings. The lowest BCUT2D eigenvalue weighted by molar-refractivity contribution is 0.262. The summed E-state index contributed by atoms with van der Waals surface area (Å²) in [6.07, 6.45) is 4.66. The molecular formula is C14H16N8O2. The van der Waals surface area contributed by atoms with Crippen LogP contribution in [0.2, 0.25) is 0 Å². The first kappa shape index (κ1) is 15.6. The molecular weight excluding hydrogens is 312 g/mol. The van der Waals surface area contributed by atoms with E-state index in [2.05, 4.69) is 31.3 Å². The number of hydrogen-bond acceptors (Lipinski definition) is 6. The summed E-state index contributed by atoms with van der Waals surface area (Å²) in [5, 5.41) is 29.3. The number of benzene rings is 1. The number of tetrazole rings is 1. The molecule has 10 nitrogen and oxygen atoms in total. The lowest BCUT2D eigenvalue weighted by Crippen LogP contribution is -2.19. The van der Waals surface area contributed by atoms with Crippen LogP contribution in [0.4, 0.5) is 16.2 Å². The van der Waals surface area contributed by atoms with Gasteiger partial charge in [0.2, 0.25) is 0 Å². The van der Waals surface area contributed by atoms with Crippen LogP contribution in [0, 0.1) is 6.92 Å². The van der Waals surface area contributed by atoms with Crippen LogP contribution >= 0.6 is 0 Å². The number of aromatic nitrogens is 6. The fourth-order valence-electron chi connectivity index (χ4n) is 2.21. The maximum absolute atomic E-state index is 12.0. The predicted molar refractivity (Wildman–Crippen MR) is 85.8 cm³/mol. The van der Waals surface area contributed by atoms with Crippen molar-refractivity contribution in [1.82, 2.24) is 30.0 Å². The minimum atomic E-state index is -0.381. The Labute approximate surface area is 137 Å². The number of amides is 2. The van der Waals surface area contributed by atoms with E-state index in [1.807, 2.05) is 19.1 Å². The normalized spacial score (nSPS) is 10.6. The van der Waals surface area contributed by atoms with Gasteiger partial charge in [-0.05, 0) is 41.1 Å². The van der Waals surface area contributed by atoms with Gasteiger partial charge in [0.1, 0.15) is 6.33 Å². The molecule has 3 aromatic rings. The van der Waals surface area contributed by atoms with Gasteiger partial charge in [-0.15, -0.1) is 5.10 Å². The Bertz CT molecular complexity index is 827. The Balaban J connectivity index is 1.64. The number of nitrogens with zero attached hydrogens (tertiary/aromatic N) is 6. The van der Waals surface area contributed by atoms with Crippen molar-refractivity contribution in [2.24, 2.45) is 0 Å². The van der Waals surface area contributed by atoms with Crippen LogP contribution in [0.5, 0.6) is 0 Å². The van der Waals surface area contributed by atoms with Crippen LogP contribution in [0.15, 0.2) is 36.9 Å². The summed E-state index contributed by atoms with van der Waals surface area (Å²) < 4.78 is 3.09. The molecule has 0 aliphatic heterocycles. The van der Waals surface area contributed by atoms with Gasteiger partial charge in [0.25, 0.3) is 0 Å². The molecule has 0 bridgehead atoms. The highest BCUT2D eigenvalue weighted by molar-refractivity contribution is 5.99. The van der Waals surface area contributed by atoms with Gasteiger partial charge < -0.3 is 15.7 Å². The fraction of sp³-hybridized carbons (Fsp3) is 0.214. The van der Waals surface area contributed by atoms with Crippen LogP contribution in [0.3, 0.4) is 0 Å². The van der Waals surface area contributed by atoms with E-state index < -0.39 is 0 Å². The molecule has 1 aromatic carbocycles. The largest absolute Gasteiger partial charge is 0.394 e. The van der Waals surface area contributed by atoms with Crippen LogP contribution in [0.1, 0.15) is 5.56 Å². The predicted octanol–water partition coefficient (Wildman–Crippen LogP) is 0.804. The van der Waals surface area contributed by atoms with E-state index in [1.54, 1.807) is 21.6 Å². The Morgan fingerprint density at radius 3 is 2.83 bits per heavy atom. The molecule has 2 aromatic heterocycles. The van der Waals surface area contributed by atoms with Crippen molar-refractivity contribution in [3.05, 3.63) is 42.5 Å². The summed E-state index contributed by atoms with van der Waals surface area (Å²) in [4.78, 5) is 12.0. The van der Waals surface area contributed by atoms with Crippen LogP contribution in [-0.4, -0.2) is 47.7 Å².